The van der Waals surface area contributed by atoms with Gasteiger partial charge in [0.2, 0.25) is 0 Å². The average Bonchev–Trinajstić information content (AvgIpc) is 3.02. The van der Waals surface area contributed by atoms with Gasteiger partial charge >= 0.3 is 0 Å². The largest absolute Gasteiger partial charge is 0.390 e. The van der Waals surface area contributed by atoms with Crippen LogP contribution in [0.15, 0.2) is 29.0 Å². The van der Waals surface area contributed by atoms with Gasteiger partial charge in [-0.25, -0.2) is 0 Å². The van der Waals surface area contributed by atoms with E-state index in [2.05, 4.69) is 33.8 Å². The first-order chi connectivity index (χ1) is 12.2. The number of amides is 1. The molecule has 2 heterocycles. The molecule has 1 aliphatic heterocycles. The summed E-state index contributed by atoms with van der Waals surface area (Å²) in [7, 11) is 0. The molecule has 1 saturated heterocycles. The number of halogens is 1. The summed E-state index contributed by atoms with van der Waals surface area (Å²) in [5.41, 5.74) is 3.38. The predicted molar refractivity (Wildman–Crippen MR) is 109 cm³/mol. The molecule has 0 radical (unpaired) electrons. The molecule has 6 heteroatoms. The third kappa shape index (κ3) is 3.67. The summed E-state index contributed by atoms with van der Waals surface area (Å²) in [5.74, 6) is -0.0557. The number of carbonyl (C=O) groups excluding carboxylic acids is 1. The van der Waals surface area contributed by atoms with Crippen LogP contribution in [0.1, 0.15) is 48.2 Å². The molecule has 5 nitrogen and oxygen atoms in total. The van der Waals surface area contributed by atoms with E-state index in [0.29, 0.717) is 17.8 Å². The maximum absolute atomic E-state index is 13.3. The molecule has 1 aromatic heterocycles. The van der Waals surface area contributed by atoms with Gasteiger partial charge in [0.05, 0.1) is 9.65 Å². The number of aliphatic hydroxyl groups is 1. The number of piperidine rings is 1. The third-order valence-electron chi connectivity index (χ3n) is 5.15. The first-order valence-electron chi connectivity index (χ1n) is 8.89. The van der Waals surface area contributed by atoms with Gasteiger partial charge in [0, 0.05) is 18.0 Å². The fourth-order valence-electron chi connectivity index (χ4n) is 3.68. The van der Waals surface area contributed by atoms with Crippen LogP contribution in [0.2, 0.25) is 0 Å². The summed E-state index contributed by atoms with van der Waals surface area (Å²) < 4.78 is 5.10. The van der Waals surface area contributed by atoms with E-state index in [-0.39, 0.29) is 15.9 Å². The average molecular weight is 468 g/mol. The standard InChI is InChI=1S/C20H25IN2O3/c1-12-7-8-14(13(2)10-12)17-15(11-26-22-17)19(24)23-9-5-6-16(18(23)21)20(3,4)25/h7-8,10-11,16,18,25H,5-6,9H2,1-4H3/t16-,18?/m1/s1. The molecule has 2 atom stereocenters. The van der Waals surface area contributed by atoms with E-state index in [0.717, 1.165) is 24.0 Å². The molecule has 0 saturated carbocycles. The van der Waals surface area contributed by atoms with Gasteiger partial charge in [-0.05, 0) is 46.1 Å². The van der Waals surface area contributed by atoms with E-state index in [1.54, 1.807) is 0 Å². The van der Waals surface area contributed by atoms with Crippen LogP contribution >= 0.6 is 22.6 Å². The number of hydrogen-bond acceptors (Lipinski definition) is 4. The monoisotopic (exact) mass is 468 g/mol. The number of likely N-dealkylation sites (tertiary alicyclic amines) is 1. The van der Waals surface area contributed by atoms with Crippen LogP contribution in [0.5, 0.6) is 0 Å². The Bertz CT molecular complexity index is 810. The molecule has 140 valence electrons. The molecule has 3 rings (SSSR count). The number of nitrogens with zero attached hydrogens (tertiary/aromatic N) is 2. The quantitative estimate of drug-likeness (QED) is 0.414. The fraction of sp³-hybridized carbons (Fsp3) is 0.500. The summed E-state index contributed by atoms with van der Waals surface area (Å²) in [6.45, 7) is 8.36. The van der Waals surface area contributed by atoms with Crippen molar-refractivity contribution in [3.8, 4) is 11.3 Å². The number of carbonyl (C=O) groups is 1. The van der Waals surface area contributed by atoms with Crippen LogP contribution < -0.4 is 0 Å². The zero-order valence-electron chi connectivity index (χ0n) is 15.6. The minimum Gasteiger partial charge on any atom is -0.390 e. The van der Waals surface area contributed by atoms with Gasteiger partial charge in [0.15, 0.2) is 0 Å². The van der Waals surface area contributed by atoms with Crippen molar-refractivity contribution in [1.29, 1.82) is 0 Å². The number of aromatic nitrogens is 1. The Labute approximate surface area is 167 Å². The molecule has 1 fully saturated rings. The molecule has 0 bridgehead atoms. The first-order valence-corrected chi connectivity index (χ1v) is 10.1. The van der Waals surface area contributed by atoms with Crippen molar-refractivity contribution in [3.05, 3.63) is 41.2 Å². The zero-order valence-corrected chi connectivity index (χ0v) is 17.8. The Balaban J connectivity index is 1.93. The van der Waals surface area contributed by atoms with E-state index in [1.165, 1.54) is 11.8 Å². The Kier molecular flexibility index (Phi) is 5.44. The van der Waals surface area contributed by atoms with Gasteiger partial charge < -0.3 is 14.5 Å². The van der Waals surface area contributed by atoms with E-state index in [1.807, 2.05) is 44.7 Å². The summed E-state index contributed by atoms with van der Waals surface area (Å²) >= 11 is 2.28. The number of hydrogen-bond donors (Lipinski definition) is 1. The van der Waals surface area contributed by atoms with Gasteiger partial charge in [0.1, 0.15) is 17.5 Å². The fourth-order valence-corrected chi connectivity index (χ4v) is 5.45. The van der Waals surface area contributed by atoms with E-state index >= 15 is 0 Å². The highest BCUT2D eigenvalue weighted by Crippen LogP contribution is 2.37. The molecule has 1 aliphatic rings. The highest BCUT2D eigenvalue weighted by molar-refractivity contribution is 14.1. The minimum absolute atomic E-state index is 0.0326. The highest BCUT2D eigenvalue weighted by Gasteiger charge is 2.41. The summed E-state index contributed by atoms with van der Waals surface area (Å²) in [4.78, 5) is 15.1. The van der Waals surface area contributed by atoms with Gasteiger partial charge in [-0.1, -0.05) is 51.5 Å². The second-order valence-corrected chi connectivity index (χ2v) is 8.95. The van der Waals surface area contributed by atoms with Crippen molar-refractivity contribution < 1.29 is 14.4 Å². The molecule has 0 spiro atoms. The second-order valence-electron chi connectivity index (χ2n) is 7.67. The smallest absolute Gasteiger partial charge is 0.260 e. The lowest BCUT2D eigenvalue weighted by Crippen LogP contribution is -2.51. The van der Waals surface area contributed by atoms with Crippen molar-refractivity contribution in [1.82, 2.24) is 10.1 Å². The SMILES string of the molecule is Cc1ccc(-c2nocc2C(=O)N2CCC[C@@H](C(C)(C)O)C2I)c(C)c1. The predicted octanol–water partition coefficient (Wildman–Crippen LogP) is 4.34. The molecular formula is C20H25IN2O3. The van der Waals surface area contributed by atoms with Gasteiger partial charge in [-0.15, -0.1) is 0 Å². The van der Waals surface area contributed by atoms with Gasteiger partial charge in [0.25, 0.3) is 5.91 Å². The lowest BCUT2D eigenvalue weighted by Gasteiger charge is -2.43. The van der Waals surface area contributed by atoms with Crippen LogP contribution in [0, 0.1) is 19.8 Å². The van der Waals surface area contributed by atoms with Crippen molar-refractivity contribution in [2.45, 2.75) is 50.2 Å². The Morgan fingerprint density at radius 2 is 2.12 bits per heavy atom. The summed E-state index contributed by atoms with van der Waals surface area (Å²) in [6, 6.07) is 6.07. The maximum Gasteiger partial charge on any atom is 0.260 e. The van der Waals surface area contributed by atoms with Crippen LogP contribution in [0.4, 0.5) is 0 Å². The molecule has 2 aromatic rings. The zero-order chi connectivity index (χ0) is 19.1. The van der Waals surface area contributed by atoms with Crippen LogP contribution in [-0.2, 0) is 0 Å². The molecule has 1 amide bonds. The number of alkyl halides is 1. The Hall–Kier alpha value is -1.41. The van der Waals surface area contributed by atoms with Crippen molar-refractivity contribution in [2.75, 3.05) is 6.54 Å². The van der Waals surface area contributed by atoms with Crippen LogP contribution in [-0.4, -0.2) is 37.3 Å². The summed E-state index contributed by atoms with van der Waals surface area (Å²) in [6.07, 6.45) is 3.23. The molecule has 1 N–H and O–H groups in total. The normalized spacial score (nSPS) is 21.1. The molecule has 1 aromatic carbocycles. The lowest BCUT2D eigenvalue weighted by molar-refractivity contribution is -0.0191. The minimum atomic E-state index is -0.824. The Morgan fingerprint density at radius 3 is 2.77 bits per heavy atom. The number of rotatable bonds is 3. The van der Waals surface area contributed by atoms with E-state index in [9.17, 15) is 9.90 Å². The molecule has 0 aliphatic carbocycles. The third-order valence-corrected chi connectivity index (χ3v) is 6.69. The van der Waals surface area contributed by atoms with Crippen molar-refractivity contribution in [2.24, 2.45) is 5.92 Å². The molecule has 26 heavy (non-hydrogen) atoms. The van der Waals surface area contributed by atoms with E-state index in [4.69, 9.17) is 4.52 Å². The van der Waals surface area contributed by atoms with Crippen molar-refractivity contribution >= 4 is 28.5 Å². The maximum atomic E-state index is 13.3. The Morgan fingerprint density at radius 1 is 1.38 bits per heavy atom. The highest BCUT2D eigenvalue weighted by atomic mass is 127. The van der Waals surface area contributed by atoms with Crippen molar-refractivity contribution in [3.63, 3.8) is 0 Å². The number of aryl methyl sites for hydroxylation is 2. The lowest BCUT2D eigenvalue weighted by atomic mass is 9.84. The van der Waals surface area contributed by atoms with Gasteiger partial charge in [-0.2, -0.15) is 0 Å². The van der Waals surface area contributed by atoms with Crippen LogP contribution in [0.25, 0.3) is 11.3 Å². The molecular weight excluding hydrogens is 443 g/mol. The second kappa shape index (κ2) is 7.31. The van der Waals surface area contributed by atoms with Crippen LogP contribution in [0.3, 0.4) is 0 Å². The summed E-state index contributed by atoms with van der Waals surface area (Å²) in [5, 5.41) is 14.6. The van der Waals surface area contributed by atoms with E-state index < -0.39 is 5.60 Å². The number of benzene rings is 1. The first kappa shape index (κ1) is 19.4. The topological polar surface area (TPSA) is 66.6 Å². The van der Waals surface area contributed by atoms with Gasteiger partial charge in [-0.3, -0.25) is 4.79 Å². The molecule has 1 unspecified atom stereocenters.